The molecular formula is C13H23N3O2S. The Balaban J connectivity index is 2.50. The van der Waals surface area contributed by atoms with Crippen molar-refractivity contribution in [2.24, 2.45) is 0 Å². The van der Waals surface area contributed by atoms with Gasteiger partial charge in [0.2, 0.25) is 0 Å². The van der Waals surface area contributed by atoms with E-state index in [1.807, 2.05) is 30.3 Å². The molecule has 0 aromatic carbocycles. The highest BCUT2D eigenvalue weighted by molar-refractivity contribution is 7.90. The molecule has 0 saturated heterocycles. The van der Waals surface area contributed by atoms with E-state index in [0.717, 1.165) is 30.9 Å². The molecule has 0 aliphatic carbocycles. The second-order valence-electron chi connectivity index (χ2n) is 4.75. The van der Waals surface area contributed by atoms with Gasteiger partial charge in [-0.15, -0.1) is 0 Å². The Morgan fingerprint density at radius 3 is 2.63 bits per heavy atom. The zero-order valence-electron chi connectivity index (χ0n) is 11.9. The summed E-state index contributed by atoms with van der Waals surface area (Å²) < 4.78 is 22.2. The number of pyridine rings is 1. The molecule has 6 heteroatoms. The van der Waals surface area contributed by atoms with Gasteiger partial charge in [-0.3, -0.25) is 0 Å². The van der Waals surface area contributed by atoms with Gasteiger partial charge in [0.15, 0.2) is 0 Å². The quantitative estimate of drug-likeness (QED) is 0.724. The van der Waals surface area contributed by atoms with Crippen LogP contribution in [0.15, 0.2) is 18.3 Å². The van der Waals surface area contributed by atoms with Crippen molar-refractivity contribution in [1.82, 2.24) is 10.3 Å². The number of nitrogens with one attached hydrogen (secondary N) is 1. The van der Waals surface area contributed by atoms with Crippen molar-refractivity contribution in [3.8, 4) is 0 Å². The molecule has 1 heterocycles. The summed E-state index contributed by atoms with van der Waals surface area (Å²) in [5, 5.41) is 3.31. The van der Waals surface area contributed by atoms with Crippen molar-refractivity contribution in [2.45, 2.75) is 19.9 Å². The highest BCUT2D eigenvalue weighted by Crippen LogP contribution is 2.09. The molecule has 0 aliphatic rings. The van der Waals surface area contributed by atoms with Gasteiger partial charge in [0.1, 0.15) is 15.7 Å². The van der Waals surface area contributed by atoms with Gasteiger partial charge in [-0.05, 0) is 24.6 Å². The van der Waals surface area contributed by atoms with Crippen molar-refractivity contribution in [3.05, 3.63) is 23.9 Å². The Morgan fingerprint density at radius 1 is 1.37 bits per heavy atom. The fraction of sp³-hybridized carbons (Fsp3) is 0.615. The van der Waals surface area contributed by atoms with Gasteiger partial charge in [-0.1, -0.05) is 13.0 Å². The molecule has 0 radical (unpaired) electrons. The van der Waals surface area contributed by atoms with Gasteiger partial charge in [0.25, 0.3) is 0 Å². The fourth-order valence-corrected chi connectivity index (χ4v) is 2.18. The van der Waals surface area contributed by atoms with Crippen molar-refractivity contribution in [3.63, 3.8) is 0 Å². The van der Waals surface area contributed by atoms with E-state index >= 15 is 0 Å². The summed E-state index contributed by atoms with van der Waals surface area (Å²) in [6.07, 6.45) is 4.19. The van der Waals surface area contributed by atoms with E-state index in [0.29, 0.717) is 6.54 Å². The van der Waals surface area contributed by atoms with E-state index in [2.05, 4.69) is 17.2 Å². The zero-order valence-corrected chi connectivity index (χ0v) is 12.7. The van der Waals surface area contributed by atoms with Crippen LogP contribution in [0.5, 0.6) is 0 Å². The van der Waals surface area contributed by atoms with Crippen LogP contribution in [0.3, 0.4) is 0 Å². The number of rotatable bonds is 8. The normalized spacial score (nSPS) is 11.5. The van der Waals surface area contributed by atoms with E-state index in [9.17, 15) is 8.42 Å². The molecule has 0 aliphatic heterocycles. The molecule has 0 saturated carbocycles. The van der Waals surface area contributed by atoms with E-state index in [4.69, 9.17) is 0 Å². The minimum Gasteiger partial charge on any atom is -0.359 e. The predicted octanol–water partition coefficient (Wildman–Crippen LogP) is 1.06. The summed E-state index contributed by atoms with van der Waals surface area (Å²) in [7, 11) is -1.08. The fourth-order valence-electron chi connectivity index (χ4n) is 1.57. The Bertz CT molecular complexity index is 471. The van der Waals surface area contributed by atoms with E-state index in [-0.39, 0.29) is 5.75 Å². The molecule has 1 aromatic rings. The lowest BCUT2D eigenvalue weighted by atomic mass is 10.2. The second kappa shape index (κ2) is 7.45. The third kappa shape index (κ3) is 6.54. The van der Waals surface area contributed by atoms with E-state index in [1.165, 1.54) is 6.26 Å². The van der Waals surface area contributed by atoms with E-state index < -0.39 is 9.84 Å². The summed E-state index contributed by atoms with van der Waals surface area (Å²) in [5.74, 6) is 0.938. The minimum atomic E-state index is -2.93. The maximum Gasteiger partial charge on any atom is 0.149 e. The monoisotopic (exact) mass is 285 g/mol. The maximum atomic E-state index is 11.1. The third-order valence-corrected chi connectivity index (χ3v) is 3.68. The van der Waals surface area contributed by atoms with Crippen LogP contribution in [0.4, 0.5) is 5.82 Å². The highest BCUT2D eigenvalue weighted by atomic mass is 32.2. The molecule has 0 fully saturated rings. The van der Waals surface area contributed by atoms with Crippen molar-refractivity contribution < 1.29 is 8.42 Å². The van der Waals surface area contributed by atoms with Crippen LogP contribution in [0.25, 0.3) is 0 Å². The van der Waals surface area contributed by atoms with Gasteiger partial charge in [-0.25, -0.2) is 13.4 Å². The predicted molar refractivity (Wildman–Crippen MR) is 79.2 cm³/mol. The average molecular weight is 285 g/mol. The first kappa shape index (κ1) is 15.9. The summed E-state index contributed by atoms with van der Waals surface area (Å²) in [6.45, 7) is 4.40. The van der Waals surface area contributed by atoms with Gasteiger partial charge in [0, 0.05) is 32.6 Å². The summed E-state index contributed by atoms with van der Waals surface area (Å²) in [4.78, 5) is 6.20. The standard InChI is InChI=1S/C13H23N3O2S/c1-4-7-14-10-12-5-6-13(15-11-12)16(2)8-9-19(3,17)18/h5-6,11,14H,4,7-10H2,1-3H3. The lowest BCUT2D eigenvalue weighted by Gasteiger charge is -2.17. The second-order valence-corrected chi connectivity index (χ2v) is 7.01. The molecule has 0 amide bonds. The van der Waals surface area contributed by atoms with Gasteiger partial charge in [-0.2, -0.15) is 0 Å². The van der Waals surface area contributed by atoms with Gasteiger partial charge >= 0.3 is 0 Å². The molecule has 1 rings (SSSR count). The number of hydrogen-bond donors (Lipinski definition) is 1. The summed E-state index contributed by atoms with van der Waals surface area (Å²) in [5.41, 5.74) is 1.13. The lowest BCUT2D eigenvalue weighted by molar-refractivity contribution is 0.601. The number of aromatic nitrogens is 1. The molecule has 19 heavy (non-hydrogen) atoms. The number of sulfone groups is 1. The largest absolute Gasteiger partial charge is 0.359 e. The Kier molecular flexibility index (Phi) is 6.24. The molecular weight excluding hydrogens is 262 g/mol. The molecule has 0 atom stereocenters. The van der Waals surface area contributed by atoms with Crippen LogP contribution in [0.1, 0.15) is 18.9 Å². The highest BCUT2D eigenvalue weighted by Gasteiger charge is 2.07. The van der Waals surface area contributed by atoms with Gasteiger partial charge in [0.05, 0.1) is 5.75 Å². The smallest absolute Gasteiger partial charge is 0.149 e. The molecule has 0 unspecified atom stereocenters. The molecule has 1 N–H and O–H groups in total. The average Bonchev–Trinajstić information content (AvgIpc) is 2.36. The van der Waals surface area contributed by atoms with Crippen molar-refractivity contribution in [2.75, 3.05) is 37.0 Å². The van der Waals surface area contributed by atoms with Crippen LogP contribution in [-0.4, -0.2) is 45.5 Å². The molecule has 5 nitrogen and oxygen atoms in total. The van der Waals surface area contributed by atoms with Gasteiger partial charge < -0.3 is 10.2 Å². The first-order valence-corrected chi connectivity index (χ1v) is 8.53. The number of anilines is 1. The minimum absolute atomic E-state index is 0.144. The third-order valence-electron chi connectivity index (χ3n) is 2.75. The van der Waals surface area contributed by atoms with Crippen LogP contribution in [-0.2, 0) is 16.4 Å². The van der Waals surface area contributed by atoms with Crippen LogP contribution in [0, 0.1) is 0 Å². The van der Waals surface area contributed by atoms with Crippen LogP contribution < -0.4 is 10.2 Å². The summed E-state index contributed by atoms with van der Waals surface area (Å²) >= 11 is 0. The molecule has 1 aromatic heterocycles. The number of nitrogens with zero attached hydrogens (tertiary/aromatic N) is 2. The molecule has 0 bridgehead atoms. The zero-order chi connectivity index (χ0) is 14.3. The number of hydrogen-bond acceptors (Lipinski definition) is 5. The SMILES string of the molecule is CCCNCc1ccc(N(C)CCS(C)(=O)=O)nc1. The maximum absolute atomic E-state index is 11.1. The first-order valence-electron chi connectivity index (χ1n) is 6.47. The van der Waals surface area contributed by atoms with Crippen molar-refractivity contribution in [1.29, 1.82) is 0 Å². The summed E-state index contributed by atoms with van der Waals surface area (Å²) in [6, 6.07) is 3.94. The first-order chi connectivity index (χ1) is 8.92. The van der Waals surface area contributed by atoms with Crippen LogP contribution in [0.2, 0.25) is 0 Å². The Morgan fingerprint density at radius 2 is 2.11 bits per heavy atom. The Hall–Kier alpha value is -1.14. The lowest BCUT2D eigenvalue weighted by Crippen LogP contribution is -2.25. The Labute approximate surface area is 116 Å². The van der Waals surface area contributed by atoms with Crippen molar-refractivity contribution >= 4 is 15.7 Å². The molecule has 108 valence electrons. The molecule has 0 spiro atoms. The van der Waals surface area contributed by atoms with Crippen LogP contribution >= 0.6 is 0 Å². The van der Waals surface area contributed by atoms with E-state index in [1.54, 1.807) is 0 Å². The topological polar surface area (TPSA) is 62.3 Å².